The SMILES string of the molecule is Cc1cnn(CCNc2cc(C)nc(C3CCC3)n2)c1. The first-order valence-electron chi connectivity index (χ1n) is 7.29. The Morgan fingerprint density at radius 3 is 2.80 bits per heavy atom. The first kappa shape index (κ1) is 13.1. The third-order valence-corrected chi connectivity index (χ3v) is 3.75. The molecule has 106 valence electrons. The van der Waals surface area contributed by atoms with Gasteiger partial charge in [-0.05, 0) is 32.3 Å². The van der Waals surface area contributed by atoms with Gasteiger partial charge in [0.05, 0.1) is 12.7 Å². The van der Waals surface area contributed by atoms with Gasteiger partial charge in [-0.1, -0.05) is 6.42 Å². The smallest absolute Gasteiger partial charge is 0.134 e. The molecule has 0 saturated heterocycles. The van der Waals surface area contributed by atoms with Crippen LogP contribution in [0.1, 0.15) is 42.3 Å². The van der Waals surface area contributed by atoms with Crippen molar-refractivity contribution in [2.24, 2.45) is 0 Å². The average Bonchev–Trinajstić information content (AvgIpc) is 2.72. The Balaban J connectivity index is 1.60. The second-order valence-corrected chi connectivity index (χ2v) is 5.59. The molecule has 0 spiro atoms. The topological polar surface area (TPSA) is 55.6 Å². The molecule has 0 aromatic carbocycles. The van der Waals surface area contributed by atoms with Gasteiger partial charge in [0.2, 0.25) is 0 Å². The normalized spacial score (nSPS) is 15.1. The van der Waals surface area contributed by atoms with Crippen LogP contribution in [0.3, 0.4) is 0 Å². The predicted octanol–water partition coefficient (Wildman–Crippen LogP) is 2.67. The summed E-state index contributed by atoms with van der Waals surface area (Å²) in [7, 11) is 0. The maximum atomic E-state index is 4.64. The van der Waals surface area contributed by atoms with Gasteiger partial charge >= 0.3 is 0 Å². The van der Waals surface area contributed by atoms with Crippen LogP contribution in [0.2, 0.25) is 0 Å². The summed E-state index contributed by atoms with van der Waals surface area (Å²) in [6, 6.07) is 2.01. The van der Waals surface area contributed by atoms with Crippen LogP contribution in [0.15, 0.2) is 18.5 Å². The molecule has 5 nitrogen and oxygen atoms in total. The van der Waals surface area contributed by atoms with Crippen molar-refractivity contribution < 1.29 is 0 Å². The minimum absolute atomic E-state index is 0.573. The van der Waals surface area contributed by atoms with E-state index in [1.165, 1.54) is 24.8 Å². The largest absolute Gasteiger partial charge is 0.368 e. The summed E-state index contributed by atoms with van der Waals surface area (Å²) in [5, 5.41) is 7.65. The maximum absolute atomic E-state index is 4.64. The second kappa shape index (κ2) is 5.61. The van der Waals surface area contributed by atoms with Gasteiger partial charge in [0.25, 0.3) is 0 Å². The van der Waals surface area contributed by atoms with Crippen LogP contribution >= 0.6 is 0 Å². The molecule has 2 heterocycles. The molecule has 2 aromatic heterocycles. The molecule has 1 aliphatic carbocycles. The Morgan fingerprint density at radius 2 is 2.15 bits per heavy atom. The van der Waals surface area contributed by atoms with E-state index >= 15 is 0 Å². The quantitative estimate of drug-likeness (QED) is 0.908. The number of aromatic nitrogens is 4. The number of rotatable bonds is 5. The van der Waals surface area contributed by atoms with Crippen LogP contribution in [0.4, 0.5) is 5.82 Å². The van der Waals surface area contributed by atoms with Gasteiger partial charge in [0, 0.05) is 30.4 Å². The summed E-state index contributed by atoms with van der Waals surface area (Å²) in [5.41, 5.74) is 2.23. The molecule has 0 radical (unpaired) electrons. The van der Waals surface area contributed by atoms with Gasteiger partial charge in [-0.3, -0.25) is 4.68 Å². The number of nitrogens with zero attached hydrogens (tertiary/aromatic N) is 4. The molecule has 1 fully saturated rings. The monoisotopic (exact) mass is 271 g/mol. The first-order valence-corrected chi connectivity index (χ1v) is 7.29. The molecule has 0 bridgehead atoms. The van der Waals surface area contributed by atoms with Crippen molar-refractivity contribution in [1.29, 1.82) is 0 Å². The molecule has 0 unspecified atom stereocenters. The summed E-state index contributed by atoms with van der Waals surface area (Å²) < 4.78 is 1.95. The lowest BCUT2D eigenvalue weighted by Crippen LogP contribution is -2.16. The molecule has 3 rings (SSSR count). The molecule has 2 aromatic rings. The summed E-state index contributed by atoms with van der Waals surface area (Å²) in [5.74, 6) is 2.51. The molecular formula is C15H21N5. The molecular weight excluding hydrogens is 250 g/mol. The van der Waals surface area contributed by atoms with Crippen molar-refractivity contribution in [3.8, 4) is 0 Å². The summed E-state index contributed by atoms with van der Waals surface area (Å²) in [6.45, 7) is 5.75. The van der Waals surface area contributed by atoms with Crippen LogP contribution < -0.4 is 5.32 Å². The fraction of sp³-hybridized carbons (Fsp3) is 0.533. The Labute approximate surface area is 119 Å². The van der Waals surface area contributed by atoms with Gasteiger partial charge in [-0.15, -0.1) is 0 Å². The lowest BCUT2D eigenvalue weighted by molar-refractivity contribution is 0.401. The van der Waals surface area contributed by atoms with Crippen LogP contribution in [-0.2, 0) is 6.54 Å². The highest BCUT2D eigenvalue weighted by atomic mass is 15.3. The van der Waals surface area contributed by atoms with Crippen molar-refractivity contribution in [2.75, 3.05) is 11.9 Å². The van der Waals surface area contributed by atoms with E-state index in [2.05, 4.69) is 27.3 Å². The second-order valence-electron chi connectivity index (χ2n) is 5.59. The van der Waals surface area contributed by atoms with E-state index in [0.29, 0.717) is 5.92 Å². The molecule has 1 aliphatic rings. The number of anilines is 1. The van der Waals surface area contributed by atoms with Gasteiger partial charge in [-0.2, -0.15) is 5.10 Å². The van der Waals surface area contributed by atoms with Crippen LogP contribution in [0.25, 0.3) is 0 Å². The lowest BCUT2D eigenvalue weighted by Gasteiger charge is -2.24. The van der Waals surface area contributed by atoms with Gasteiger partial charge in [0.1, 0.15) is 11.6 Å². The maximum Gasteiger partial charge on any atom is 0.134 e. The zero-order valence-corrected chi connectivity index (χ0v) is 12.1. The first-order chi connectivity index (χ1) is 9.70. The Kier molecular flexibility index (Phi) is 3.67. The molecule has 0 aliphatic heterocycles. The highest BCUT2D eigenvalue weighted by Gasteiger charge is 2.22. The van der Waals surface area contributed by atoms with E-state index in [-0.39, 0.29) is 0 Å². The third kappa shape index (κ3) is 2.98. The zero-order valence-electron chi connectivity index (χ0n) is 12.1. The molecule has 0 atom stereocenters. The van der Waals surface area contributed by atoms with Crippen LogP contribution in [0.5, 0.6) is 0 Å². The molecule has 20 heavy (non-hydrogen) atoms. The zero-order chi connectivity index (χ0) is 13.9. The van der Waals surface area contributed by atoms with E-state index in [0.717, 1.165) is 30.4 Å². The summed E-state index contributed by atoms with van der Waals surface area (Å²) in [4.78, 5) is 9.20. The minimum atomic E-state index is 0.573. The van der Waals surface area contributed by atoms with Crippen LogP contribution in [-0.4, -0.2) is 26.3 Å². The Bertz CT molecular complexity index is 586. The highest BCUT2D eigenvalue weighted by molar-refractivity contribution is 5.36. The lowest BCUT2D eigenvalue weighted by atomic mass is 9.85. The molecule has 1 saturated carbocycles. The van der Waals surface area contributed by atoms with Crippen molar-refractivity contribution in [3.05, 3.63) is 35.5 Å². The standard InChI is InChI=1S/C15H21N5/c1-11-9-17-20(10-11)7-6-16-14-8-12(2)18-15(19-14)13-4-3-5-13/h8-10,13H,3-7H2,1-2H3,(H,16,18,19). The van der Waals surface area contributed by atoms with Crippen molar-refractivity contribution in [3.63, 3.8) is 0 Å². The van der Waals surface area contributed by atoms with Crippen molar-refractivity contribution in [2.45, 2.75) is 45.6 Å². The van der Waals surface area contributed by atoms with Crippen molar-refractivity contribution in [1.82, 2.24) is 19.7 Å². The molecule has 5 heteroatoms. The van der Waals surface area contributed by atoms with Gasteiger partial charge in [-0.25, -0.2) is 9.97 Å². The average molecular weight is 271 g/mol. The third-order valence-electron chi connectivity index (χ3n) is 3.75. The fourth-order valence-electron chi connectivity index (χ4n) is 2.42. The fourth-order valence-corrected chi connectivity index (χ4v) is 2.42. The summed E-state index contributed by atoms with van der Waals surface area (Å²) in [6.07, 6.45) is 7.70. The van der Waals surface area contributed by atoms with Crippen LogP contribution in [0, 0.1) is 13.8 Å². The number of aryl methyl sites for hydroxylation is 2. The number of nitrogens with one attached hydrogen (secondary N) is 1. The van der Waals surface area contributed by atoms with E-state index in [1.54, 1.807) is 0 Å². The number of hydrogen-bond donors (Lipinski definition) is 1. The number of hydrogen-bond acceptors (Lipinski definition) is 4. The van der Waals surface area contributed by atoms with E-state index in [1.807, 2.05) is 30.1 Å². The molecule has 1 N–H and O–H groups in total. The van der Waals surface area contributed by atoms with Gasteiger partial charge < -0.3 is 5.32 Å². The Hall–Kier alpha value is -1.91. The molecule has 0 amide bonds. The van der Waals surface area contributed by atoms with Crippen molar-refractivity contribution >= 4 is 5.82 Å². The highest BCUT2D eigenvalue weighted by Crippen LogP contribution is 2.34. The predicted molar refractivity (Wildman–Crippen MR) is 78.8 cm³/mol. The van der Waals surface area contributed by atoms with Gasteiger partial charge in [0.15, 0.2) is 0 Å². The Morgan fingerprint density at radius 1 is 1.30 bits per heavy atom. The van der Waals surface area contributed by atoms with E-state index in [9.17, 15) is 0 Å². The minimum Gasteiger partial charge on any atom is -0.368 e. The van der Waals surface area contributed by atoms with E-state index in [4.69, 9.17) is 0 Å². The summed E-state index contributed by atoms with van der Waals surface area (Å²) >= 11 is 0. The van der Waals surface area contributed by atoms with E-state index < -0.39 is 0 Å².